The topological polar surface area (TPSA) is 36.4 Å². The van der Waals surface area contributed by atoms with Crippen LogP contribution < -0.4 is 4.90 Å². The van der Waals surface area contributed by atoms with E-state index in [0.717, 1.165) is 34.7 Å². The molecule has 0 aliphatic rings. The molecule has 170 valence electrons. The van der Waals surface area contributed by atoms with Crippen molar-refractivity contribution >= 4 is 32.6 Å². The lowest BCUT2D eigenvalue weighted by molar-refractivity contribution is 0.0986. The first-order chi connectivity index (χ1) is 15.9. The molecule has 0 atom stereocenters. The second-order valence-electron chi connectivity index (χ2n) is 8.90. The van der Waals surface area contributed by atoms with E-state index in [1.165, 1.54) is 22.3 Å². The van der Waals surface area contributed by atoms with Crippen molar-refractivity contribution in [3.63, 3.8) is 0 Å². The third-order valence-corrected chi connectivity index (χ3v) is 6.95. The predicted octanol–water partition coefficient (Wildman–Crippen LogP) is 6.10. The maximum absolute atomic E-state index is 13.6. The Kier molecular flexibility index (Phi) is 7.21. The van der Waals surface area contributed by atoms with Gasteiger partial charge >= 0.3 is 0 Å². The van der Waals surface area contributed by atoms with Crippen molar-refractivity contribution in [3.8, 4) is 0 Å². The van der Waals surface area contributed by atoms with E-state index >= 15 is 0 Å². The number of rotatable bonds is 8. The van der Waals surface area contributed by atoms with Crippen LogP contribution in [0.4, 0.5) is 5.13 Å². The van der Waals surface area contributed by atoms with Crippen molar-refractivity contribution in [2.75, 3.05) is 32.1 Å². The lowest BCUT2D eigenvalue weighted by Gasteiger charge is -2.21. The summed E-state index contributed by atoms with van der Waals surface area (Å²) < 4.78 is 1.15. The summed E-state index contributed by atoms with van der Waals surface area (Å²) in [6.45, 7) is 5.76. The molecule has 0 N–H and O–H groups in total. The van der Waals surface area contributed by atoms with Crippen LogP contribution in [0.3, 0.4) is 0 Å². The quantitative estimate of drug-likeness (QED) is 0.321. The number of nitrogens with zero attached hydrogens (tertiary/aromatic N) is 3. The lowest BCUT2D eigenvalue weighted by atomic mass is 10.0. The zero-order valence-electron chi connectivity index (χ0n) is 19.8. The summed E-state index contributed by atoms with van der Waals surface area (Å²) in [6, 6.07) is 22.7. The Labute approximate surface area is 200 Å². The molecule has 5 heteroatoms. The number of aromatic nitrogens is 1. The minimum absolute atomic E-state index is 0.00782. The van der Waals surface area contributed by atoms with Gasteiger partial charge in [0.1, 0.15) is 0 Å². The van der Waals surface area contributed by atoms with E-state index < -0.39 is 0 Å². The minimum Gasteiger partial charge on any atom is -0.309 e. The van der Waals surface area contributed by atoms with E-state index in [2.05, 4.69) is 81.4 Å². The highest BCUT2D eigenvalue weighted by atomic mass is 32.1. The first-order valence-electron chi connectivity index (χ1n) is 11.4. The van der Waals surface area contributed by atoms with E-state index in [1.54, 1.807) is 11.3 Å². The van der Waals surface area contributed by atoms with Gasteiger partial charge in [-0.15, -0.1) is 0 Å². The van der Waals surface area contributed by atoms with Gasteiger partial charge in [0.2, 0.25) is 0 Å². The molecule has 0 aliphatic heterocycles. The van der Waals surface area contributed by atoms with Crippen LogP contribution in [-0.2, 0) is 6.42 Å². The van der Waals surface area contributed by atoms with Crippen molar-refractivity contribution in [3.05, 3.63) is 94.5 Å². The van der Waals surface area contributed by atoms with Crippen molar-refractivity contribution in [1.29, 1.82) is 0 Å². The Bertz CT molecular complexity index is 1230. The van der Waals surface area contributed by atoms with Gasteiger partial charge in [-0.25, -0.2) is 4.98 Å². The summed E-state index contributed by atoms with van der Waals surface area (Å²) in [5.41, 5.74) is 6.53. The Balaban J connectivity index is 1.60. The molecule has 4 nitrogen and oxygen atoms in total. The molecular weight excluding hydrogens is 426 g/mol. The molecule has 3 aromatic carbocycles. The van der Waals surface area contributed by atoms with Crippen LogP contribution in [0.25, 0.3) is 10.2 Å². The van der Waals surface area contributed by atoms with E-state index in [1.807, 2.05) is 23.1 Å². The standard InChI is InChI=1S/C28H31N3OS/c1-20-17-21(2)26-25(18-20)29-28(33-26)31(16-8-15-30(3)4)27(32)24-13-11-23(12-14-24)19-22-9-6-5-7-10-22/h5-7,9-14,17-18H,8,15-16,19H2,1-4H3. The summed E-state index contributed by atoms with van der Waals surface area (Å²) >= 11 is 1.61. The van der Waals surface area contributed by atoms with Crippen LogP contribution in [0.1, 0.15) is 39.0 Å². The molecule has 0 unspecified atom stereocenters. The first-order valence-corrected chi connectivity index (χ1v) is 12.2. The van der Waals surface area contributed by atoms with Crippen LogP contribution >= 0.6 is 11.3 Å². The third kappa shape index (κ3) is 5.67. The molecular formula is C28H31N3OS. The highest BCUT2D eigenvalue weighted by Gasteiger charge is 2.22. The summed E-state index contributed by atoms with van der Waals surface area (Å²) in [7, 11) is 4.11. The van der Waals surface area contributed by atoms with Gasteiger partial charge in [-0.2, -0.15) is 0 Å². The summed E-state index contributed by atoms with van der Waals surface area (Å²) in [6.07, 6.45) is 1.75. The predicted molar refractivity (Wildman–Crippen MR) is 140 cm³/mol. The highest BCUT2D eigenvalue weighted by molar-refractivity contribution is 7.22. The van der Waals surface area contributed by atoms with Gasteiger partial charge in [0.15, 0.2) is 5.13 Å². The van der Waals surface area contributed by atoms with Crippen LogP contribution in [0.15, 0.2) is 66.7 Å². The van der Waals surface area contributed by atoms with Gasteiger partial charge in [-0.1, -0.05) is 59.9 Å². The summed E-state index contributed by atoms with van der Waals surface area (Å²) in [4.78, 5) is 22.5. The number of thiazole rings is 1. The number of carbonyl (C=O) groups is 1. The SMILES string of the molecule is Cc1cc(C)c2sc(N(CCCN(C)C)C(=O)c3ccc(Cc4ccccc4)cc3)nc2c1. The molecule has 33 heavy (non-hydrogen) atoms. The van der Waals surface area contributed by atoms with Gasteiger partial charge in [0.25, 0.3) is 5.91 Å². The molecule has 0 fully saturated rings. The van der Waals surface area contributed by atoms with E-state index in [9.17, 15) is 4.79 Å². The minimum atomic E-state index is 0.00782. The molecule has 0 radical (unpaired) electrons. The Morgan fingerprint density at radius 3 is 2.30 bits per heavy atom. The fourth-order valence-electron chi connectivity index (χ4n) is 4.06. The largest absolute Gasteiger partial charge is 0.309 e. The molecule has 0 spiro atoms. The molecule has 0 aliphatic carbocycles. The number of amides is 1. The number of hydrogen-bond acceptors (Lipinski definition) is 4. The van der Waals surface area contributed by atoms with E-state index in [4.69, 9.17) is 4.98 Å². The lowest BCUT2D eigenvalue weighted by Crippen LogP contribution is -2.33. The van der Waals surface area contributed by atoms with Crippen molar-refractivity contribution in [2.45, 2.75) is 26.7 Å². The zero-order valence-corrected chi connectivity index (χ0v) is 20.7. The maximum Gasteiger partial charge on any atom is 0.260 e. The molecule has 1 amide bonds. The number of carbonyl (C=O) groups excluding carboxylic acids is 1. The van der Waals surface area contributed by atoms with Gasteiger partial charge in [0.05, 0.1) is 10.2 Å². The Hall–Kier alpha value is -3.02. The highest BCUT2D eigenvalue weighted by Crippen LogP contribution is 2.33. The second kappa shape index (κ2) is 10.3. The normalized spacial score (nSPS) is 11.3. The first kappa shape index (κ1) is 23.1. The van der Waals surface area contributed by atoms with Gasteiger partial charge < -0.3 is 4.90 Å². The number of benzene rings is 3. The molecule has 0 saturated carbocycles. The van der Waals surface area contributed by atoms with Crippen LogP contribution in [0.2, 0.25) is 0 Å². The number of fused-ring (bicyclic) bond motifs is 1. The number of aryl methyl sites for hydroxylation is 2. The monoisotopic (exact) mass is 457 g/mol. The number of anilines is 1. The maximum atomic E-state index is 13.6. The van der Waals surface area contributed by atoms with E-state index in [-0.39, 0.29) is 5.91 Å². The van der Waals surface area contributed by atoms with Crippen LogP contribution in [-0.4, -0.2) is 43.0 Å². The molecule has 0 saturated heterocycles. The van der Waals surface area contributed by atoms with Crippen molar-refractivity contribution < 1.29 is 4.79 Å². The summed E-state index contributed by atoms with van der Waals surface area (Å²) in [5, 5.41) is 0.774. The molecule has 1 heterocycles. The fraction of sp³-hybridized carbons (Fsp3) is 0.286. The fourth-order valence-corrected chi connectivity index (χ4v) is 5.10. The molecule has 0 bridgehead atoms. The van der Waals surface area contributed by atoms with Crippen molar-refractivity contribution in [1.82, 2.24) is 9.88 Å². The Morgan fingerprint density at radius 2 is 1.61 bits per heavy atom. The second-order valence-corrected chi connectivity index (χ2v) is 9.88. The molecule has 1 aromatic heterocycles. The number of hydrogen-bond donors (Lipinski definition) is 0. The van der Waals surface area contributed by atoms with Gasteiger partial charge in [0, 0.05) is 12.1 Å². The average Bonchev–Trinajstić information content (AvgIpc) is 3.21. The summed E-state index contributed by atoms with van der Waals surface area (Å²) in [5.74, 6) is 0.00782. The van der Waals surface area contributed by atoms with Crippen molar-refractivity contribution in [2.24, 2.45) is 0 Å². The molecule has 4 aromatic rings. The third-order valence-electron chi connectivity index (χ3n) is 5.72. The Morgan fingerprint density at radius 1 is 0.909 bits per heavy atom. The zero-order chi connectivity index (χ0) is 23.4. The smallest absolute Gasteiger partial charge is 0.260 e. The average molecular weight is 458 g/mol. The molecule has 4 rings (SSSR count). The van der Waals surface area contributed by atoms with Gasteiger partial charge in [-0.05, 0) is 87.8 Å². The van der Waals surface area contributed by atoms with Crippen LogP contribution in [0, 0.1) is 13.8 Å². The van der Waals surface area contributed by atoms with E-state index in [0.29, 0.717) is 12.1 Å². The van der Waals surface area contributed by atoms with Crippen LogP contribution in [0.5, 0.6) is 0 Å². The van der Waals surface area contributed by atoms with Gasteiger partial charge in [-0.3, -0.25) is 9.69 Å².